The van der Waals surface area contributed by atoms with Crippen molar-refractivity contribution in [3.63, 3.8) is 0 Å². The predicted molar refractivity (Wildman–Crippen MR) is 66.9 cm³/mol. The molecule has 0 N–H and O–H groups in total. The van der Waals surface area contributed by atoms with Crippen molar-refractivity contribution in [1.29, 1.82) is 0 Å². The van der Waals surface area contributed by atoms with Crippen molar-refractivity contribution < 1.29 is 9.53 Å². The zero-order valence-electron chi connectivity index (χ0n) is 9.40. The molecule has 0 atom stereocenters. The number of methoxy groups -OCH3 is 1. The second-order valence-corrected chi connectivity index (χ2v) is 5.08. The monoisotopic (exact) mass is 245 g/mol. The van der Waals surface area contributed by atoms with E-state index < -0.39 is 0 Å². The molecule has 0 amide bonds. The number of benzene rings is 1. The SMILES string of the molecule is COc1ccc2c(c1)CCc1sc(C=O)nc1-2. The highest BCUT2D eigenvalue weighted by Gasteiger charge is 2.20. The van der Waals surface area contributed by atoms with Gasteiger partial charge in [0.05, 0.1) is 12.8 Å². The fraction of sp³-hybridized carbons (Fsp3) is 0.231. The lowest BCUT2D eigenvalue weighted by Crippen LogP contribution is -2.02. The van der Waals surface area contributed by atoms with E-state index >= 15 is 0 Å². The number of aryl methyl sites for hydroxylation is 2. The van der Waals surface area contributed by atoms with E-state index in [0.29, 0.717) is 5.01 Å². The molecule has 0 aliphatic heterocycles. The first-order valence-electron chi connectivity index (χ1n) is 5.44. The third-order valence-electron chi connectivity index (χ3n) is 3.00. The summed E-state index contributed by atoms with van der Waals surface area (Å²) in [6, 6.07) is 6.02. The standard InChI is InChI=1S/C13H11NO2S/c1-16-9-3-4-10-8(6-9)2-5-11-13(10)14-12(7-15)17-11/h3-4,6-7H,2,5H2,1H3. The van der Waals surface area contributed by atoms with E-state index in [9.17, 15) is 4.79 Å². The van der Waals surface area contributed by atoms with Gasteiger partial charge in [-0.25, -0.2) is 4.98 Å². The molecule has 1 heterocycles. The molecule has 0 saturated carbocycles. The number of hydrogen-bond donors (Lipinski definition) is 0. The average molecular weight is 245 g/mol. The summed E-state index contributed by atoms with van der Waals surface area (Å²) in [7, 11) is 1.67. The number of rotatable bonds is 2. The van der Waals surface area contributed by atoms with Crippen LogP contribution in [0.15, 0.2) is 18.2 Å². The van der Waals surface area contributed by atoms with E-state index in [1.54, 1.807) is 7.11 Å². The van der Waals surface area contributed by atoms with Gasteiger partial charge in [-0.05, 0) is 36.6 Å². The smallest absolute Gasteiger partial charge is 0.178 e. The fourth-order valence-corrected chi connectivity index (χ4v) is 3.08. The maximum Gasteiger partial charge on any atom is 0.178 e. The van der Waals surface area contributed by atoms with Crippen LogP contribution in [0.5, 0.6) is 5.75 Å². The Morgan fingerprint density at radius 2 is 2.29 bits per heavy atom. The van der Waals surface area contributed by atoms with Crippen LogP contribution in [0.4, 0.5) is 0 Å². The molecule has 0 radical (unpaired) electrons. The van der Waals surface area contributed by atoms with Gasteiger partial charge in [0, 0.05) is 10.4 Å². The van der Waals surface area contributed by atoms with Crippen LogP contribution in [0.3, 0.4) is 0 Å². The van der Waals surface area contributed by atoms with Crippen LogP contribution in [0.25, 0.3) is 11.3 Å². The topological polar surface area (TPSA) is 39.2 Å². The number of carbonyl (C=O) groups is 1. The third-order valence-corrected chi connectivity index (χ3v) is 4.04. The van der Waals surface area contributed by atoms with Gasteiger partial charge in [-0.15, -0.1) is 11.3 Å². The lowest BCUT2D eigenvalue weighted by Gasteiger charge is -2.15. The van der Waals surface area contributed by atoms with E-state index in [4.69, 9.17) is 4.74 Å². The van der Waals surface area contributed by atoms with E-state index in [-0.39, 0.29) is 0 Å². The molecule has 0 fully saturated rings. The molecule has 86 valence electrons. The molecule has 1 aliphatic rings. The summed E-state index contributed by atoms with van der Waals surface area (Å²) < 4.78 is 5.22. The maximum absolute atomic E-state index is 10.8. The fourth-order valence-electron chi connectivity index (χ4n) is 2.18. The van der Waals surface area contributed by atoms with Crippen LogP contribution in [0, 0.1) is 0 Å². The van der Waals surface area contributed by atoms with Crippen LogP contribution < -0.4 is 4.74 Å². The molecule has 1 aliphatic carbocycles. The number of nitrogens with zero attached hydrogens (tertiary/aromatic N) is 1. The van der Waals surface area contributed by atoms with Crippen LogP contribution in [0.2, 0.25) is 0 Å². The second-order valence-electron chi connectivity index (χ2n) is 3.96. The van der Waals surface area contributed by atoms with Gasteiger partial charge in [0.25, 0.3) is 0 Å². The number of carbonyl (C=O) groups excluding carboxylic acids is 1. The summed E-state index contributed by atoms with van der Waals surface area (Å²) in [4.78, 5) is 16.4. The normalized spacial score (nSPS) is 12.8. The summed E-state index contributed by atoms with van der Waals surface area (Å²) in [5.41, 5.74) is 3.36. The lowest BCUT2D eigenvalue weighted by atomic mass is 9.93. The number of aldehydes is 1. The highest BCUT2D eigenvalue weighted by atomic mass is 32.1. The molecule has 0 saturated heterocycles. The van der Waals surface area contributed by atoms with Crippen LogP contribution in [-0.2, 0) is 12.8 Å². The Hall–Kier alpha value is -1.68. The lowest BCUT2D eigenvalue weighted by molar-refractivity contribution is 0.112. The molecular weight excluding hydrogens is 234 g/mol. The van der Waals surface area contributed by atoms with Gasteiger partial charge in [-0.2, -0.15) is 0 Å². The van der Waals surface area contributed by atoms with Gasteiger partial charge in [0.15, 0.2) is 11.3 Å². The second kappa shape index (κ2) is 3.96. The highest BCUT2D eigenvalue weighted by molar-refractivity contribution is 7.13. The molecule has 2 aromatic rings. The first-order chi connectivity index (χ1) is 8.31. The van der Waals surface area contributed by atoms with Gasteiger partial charge in [-0.3, -0.25) is 4.79 Å². The average Bonchev–Trinajstić information content (AvgIpc) is 2.81. The van der Waals surface area contributed by atoms with Crippen molar-refractivity contribution in [3.8, 4) is 17.0 Å². The molecule has 4 heteroatoms. The molecule has 3 nitrogen and oxygen atoms in total. The van der Waals surface area contributed by atoms with Gasteiger partial charge >= 0.3 is 0 Å². The highest BCUT2D eigenvalue weighted by Crippen LogP contribution is 2.37. The predicted octanol–water partition coefficient (Wildman–Crippen LogP) is 2.73. The summed E-state index contributed by atoms with van der Waals surface area (Å²) in [5, 5.41) is 0.568. The Labute approximate surface area is 103 Å². The van der Waals surface area contributed by atoms with Crippen molar-refractivity contribution in [2.75, 3.05) is 7.11 Å². The number of thiazole rings is 1. The van der Waals surface area contributed by atoms with Crippen LogP contribution >= 0.6 is 11.3 Å². The maximum atomic E-state index is 10.8. The molecule has 3 rings (SSSR count). The van der Waals surface area contributed by atoms with Crippen molar-refractivity contribution in [3.05, 3.63) is 33.6 Å². The molecule has 0 bridgehead atoms. The molecule has 17 heavy (non-hydrogen) atoms. The Morgan fingerprint density at radius 3 is 3.06 bits per heavy atom. The summed E-state index contributed by atoms with van der Waals surface area (Å²) in [5.74, 6) is 0.873. The van der Waals surface area contributed by atoms with Crippen LogP contribution in [0.1, 0.15) is 20.2 Å². The minimum absolute atomic E-state index is 0.568. The minimum atomic E-state index is 0.568. The summed E-state index contributed by atoms with van der Waals surface area (Å²) in [6.45, 7) is 0. The Balaban J connectivity index is 2.15. The molecule has 1 aromatic carbocycles. The molecule has 0 unspecified atom stereocenters. The first-order valence-corrected chi connectivity index (χ1v) is 6.25. The Bertz CT molecular complexity index is 589. The van der Waals surface area contributed by atoms with E-state index in [0.717, 1.165) is 36.1 Å². The number of hydrogen-bond acceptors (Lipinski definition) is 4. The van der Waals surface area contributed by atoms with E-state index in [2.05, 4.69) is 11.1 Å². The third kappa shape index (κ3) is 1.65. The van der Waals surface area contributed by atoms with Crippen molar-refractivity contribution in [2.45, 2.75) is 12.8 Å². The quantitative estimate of drug-likeness (QED) is 0.764. The first kappa shape index (κ1) is 10.5. The van der Waals surface area contributed by atoms with Gasteiger partial charge in [-0.1, -0.05) is 0 Å². The van der Waals surface area contributed by atoms with Crippen LogP contribution in [-0.4, -0.2) is 18.4 Å². The van der Waals surface area contributed by atoms with Crippen molar-refractivity contribution in [1.82, 2.24) is 4.98 Å². The van der Waals surface area contributed by atoms with Gasteiger partial charge < -0.3 is 4.74 Å². The molecule has 1 aromatic heterocycles. The summed E-state index contributed by atoms with van der Waals surface area (Å²) >= 11 is 1.50. The number of aromatic nitrogens is 1. The van der Waals surface area contributed by atoms with Gasteiger partial charge in [0.2, 0.25) is 0 Å². The van der Waals surface area contributed by atoms with E-state index in [1.165, 1.54) is 21.8 Å². The number of ether oxygens (including phenoxy) is 1. The van der Waals surface area contributed by atoms with Crippen molar-refractivity contribution >= 4 is 17.6 Å². The van der Waals surface area contributed by atoms with Gasteiger partial charge in [0.1, 0.15) is 5.75 Å². The summed E-state index contributed by atoms with van der Waals surface area (Å²) in [6.07, 6.45) is 2.77. The Kier molecular flexibility index (Phi) is 2.44. The minimum Gasteiger partial charge on any atom is -0.497 e. The molecule has 0 spiro atoms. The van der Waals surface area contributed by atoms with Crippen molar-refractivity contribution in [2.24, 2.45) is 0 Å². The largest absolute Gasteiger partial charge is 0.497 e. The van der Waals surface area contributed by atoms with E-state index in [1.807, 2.05) is 12.1 Å². The zero-order valence-corrected chi connectivity index (χ0v) is 10.2. The zero-order chi connectivity index (χ0) is 11.8. The molecular formula is C13H11NO2S. The number of fused-ring (bicyclic) bond motifs is 3. The Morgan fingerprint density at radius 1 is 1.41 bits per heavy atom.